The van der Waals surface area contributed by atoms with Gasteiger partial charge in [-0.3, -0.25) is 0 Å². The molecule has 102 valence electrons. The highest BCUT2D eigenvalue weighted by atomic mass is 32.1. The molecule has 1 atom stereocenters. The van der Waals surface area contributed by atoms with Crippen molar-refractivity contribution in [2.24, 2.45) is 0 Å². The smallest absolute Gasteiger partial charge is 0.107 e. The molecule has 0 saturated heterocycles. The Kier molecular flexibility index (Phi) is 5.51. The molecule has 1 heterocycles. The number of aliphatic hydroxyl groups is 1. The Morgan fingerprint density at radius 2 is 2.11 bits per heavy atom. The predicted molar refractivity (Wildman–Crippen MR) is 80.2 cm³/mol. The second kappa shape index (κ2) is 7.38. The van der Waals surface area contributed by atoms with Crippen molar-refractivity contribution in [3.63, 3.8) is 0 Å². The fraction of sp³-hybridized carbons (Fsp3) is 0.400. The van der Waals surface area contributed by atoms with Crippen LogP contribution in [0, 0.1) is 0 Å². The van der Waals surface area contributed by atoms with Gasteiger partial charge in [0.05, 0.1) is 11.8 Å². The molecule has 2 rings (SSSR count). The number of aromatic nitrogens is 1. The van der Waals surface area contributed by atoms with Gasteiger partial charge >= 0.3 is 0 Å². The lowest BCUT2D eigenvalue weighted by Gasteiger charge is -2.04. The van der Waals surface area contributed by atoms with Crippen LogP contribution in [0.4, 0.5) is 0 Å². The summed E-state index contributed by atoms with van der Waals surface area (Å²) in [5, 5.41) is 15.7. The Bertz CT molecular complexity index is 482. The van der Waals surface area contributed by atoms with E-state index in [-0.39, 0.29) is 6.10 Å². The zero-order chi connectivity index (χ0) is 13.5. The molecule has 0 saturated carbocycles. The average molecular weight is 276 g/mol. The van der Waals surface area contributed by atoms with Crippen molar-refractivity contribution >= 4 is 11.3 Å². The lowest BCUT2D eigenvalue weighted by atomic mass is 10.2. The predicted octanol–water partition coefficient (Wildman–Crippen LogP) is 3.06. The Hall–Kier alpha value is -1.23. The maximum atomic E-state index is 9.16. The molecule has 0 aliphatic heterocycles. The summed E-state index contributed by atoms with van der Waals surface area (Å²) in [5.74, 6) is 0. The first-order valence-corrected chi connectivity index (χ1v) is 7.52. The normalized spacial score (nSPS) is 12.5. The number of hydrogen-bond acceptors (Lipinski definition) is 4. The van der Waals surface area contributed by atoms with Crippen LogP contribution in [-0.4, -0.2) is 22.7 Å². The van der Waals surface area contributed by atoms with E-state index in [2.05, 4.69) is 27.8 Å². The van der Waals surface area contributed by atoms with E-state index in [0.29, 0.717) is 0 Å². The van der Waals surface area contributed by atoms with E-state index in [1.165, 1.54) is 5.56 Å². The fourth-order valence-electron chi connectivity index (χ4n) is 1.85. The summed E-state index contributed by atoms with van der Waals surface area (Å²) in [6.07, 6.45) is 1.64. The maximum absolute atomic E-state index is 9.16. The van der Waals surface area contributed by atoms with Crippen molar-refractivity contribution < 1.29 is 5.11 Å². The van der Waals surface area contributed by atoms with Crippen molar-refractivity contribution in [2.45, 2.75) is 32.4 Å². The molecule has 0 aliphatic carbocycles. The molecule has 2 N–H and O–H groups in total. The van der Waals surface area contributed by atoms with Gasteiger partial charge in [-0.2, -0.15) is 0 Å². The lowest BCUT2D eigenvalue weighted by Crippen LogP contribution is -2.16. The topological polar surface area (TPSA) is 45.1 Å². The van der Waals surface area contributed by atoms with Gasteiger partial charge in [-0.05, 0) is 26.3 Å². The minimum atomic E-state index is -0.202. The number of hydrogen-bond donors (Lipinski definition) is 2. The van der Waals surface area contributed by atoms with Gasteiger partial charge in [-0.15, -0.1) is 11.3 Å². The third-order valence-corrected chi connectivity index (χ3v) is 3.72. The van der Waals surface area contributed by atoms with Gasteiger partial charge < -0.3 is 10.4 Å². The van der Waals surface area contributed by atoms with Crippen molar-refractivity contribution in [3.05, 3.63) is 40.7 Å². The molecule has 2 aromatic rings. The second-order valence-electron chi connectivity index (χ2n) is 4.66. The third kappa shape index (κ3) is 4.74. The summed E-state index contributed by atoms with van der Waals surface area (Å²) >= 11 is 1.69. The highest BCUT2D eigenvalue weighted by Crippen LogP contribution is 2.21. The molecule has 1 aromatic heterocycles. The molecule has 0 bridgehead atoms. The highest BCUT2D eigenvalue weighted by Gasteiger charge is 2.03. The zero-order valence-corrected chi connectivity index (χ0v) is 12.0. The Balaban J connectivity index is 1.78. The molecule has 0 spiro atoms. The third-order valence-electron chi connectivity index (χ3n) is 2.87. The summed E-state index contributed by atoms with van der Waals surface area (Å²) < 4.78 is 0. The minimum Gasteiger partial charge on any atom is -0.393 e. The summed E-state index contributed by atoms with van der Waals surface area (Å²) in [7, 11) is 0. The van der Waals surface area contributed by atoms with Crippen LogP contribution in [0.5, 0.6) is 0 Å². The van der Waals surface area contributed by atoms with Gasteiger partial charge in [0.2, 0.25) is 0 Å². The van der Waals surface area contributed by atoms with E-state index in [4.69, 9.17) is 5.11 Å². The van der Waals surface area contributed by atoms with E-state index in [1.807, 2.05) is 25.1 Å². The van der Waals surface area contributed by atoms with Gasteiger partial charge in [-0.1, -0.05) is 30.3 Å². The van der Waals surface area contributed by atoms with Gasteiger partial charge in [0, 0.05) is 17.5 Å². The quantitative estimate of drug-likeness (QED) is 0.764. The van der Waals surface area contributed by atoms with Gasteiger partial charge in [0.25, 0.3) is 0 Å². The number of nitrogens with zero attached hydrogens (tertiary/aromatic N) is 1. The van der Waals surface area contributed by atoms with Gasteiger partial charge in [0.15, 0.2) is 0 Å². The van der Waals surface area contributed by atoms with Gasteiger partial charge in [0.1, 0.15) is 5.01 Å². The van der Waals surface area contributed by atoms with E-state index in [9.17, 15) is 0 Å². The number of rotatable bonds is 7. The van der Waals surface area contributed by atoms with E-state index < -0.39 is 0 Å². The summed E-state index contributed by atoms with van der Waals surface area (Å²) in [5.41, 5.74) is 2.21. The number of nitrogens with one attached hydrogen (secondary N) is 1. The standard InChI is InChI=1S/C15H20N2OS/c1-12(18)6-5-9-16-10-15-17-14(11-19-15)13-7-3-2-4-8-13/h2-4,7-8,11-12,16,18H,5-6,9-10H2,1H3. The number of benzene rings is 1. The molecule has 0 amide bonds. The Morgan fingerprint density at radius 1 is 1.32 bits per heavy atom. The molecule has 0 fully saturated rings. The number of thiazole rings is 1. The van der Waals surface area contributed by atoms with Crippen molar-refractivity contribution in [2.75, 3.05) is 6.54 Å². The molecule has 0 radical (unpaired) electrons. The van der Waals surface area contributed by atoms with Crippen LogP contribution in [0.2, 0.25) is 0 Å². The van der Waals surface area contributed by atoms with Crippen LogP contribution in [-0.2, 0) is 6.54 Å². The molecule has 3 nitrogen and oxygen atoms in total. The van der Waals surface area contributed by atoms with Crippen LogP contribution < -0.4 is 5.32 Å². The van der Waals surface area contributed by atoms with E-state index in [0.717, 1.165) is 36.6 Å². The SMILES string of the molecule is CC(O)CCCNCc1nc(-c2ccccc2)cs1. The average Bonchev–Trinajstić information content (AvgIpc) is 2.88. The summed E-state index contributed by atoms with van der Waals surface area (Å²) in [6.45, 7) is 3.55. The van der Waals surface area contributed by atoms with Crippen LogP contribution in [0.15, 0.2) is 35.7 Å². The molecular weight excluding hydrogens is 256 g/mol. The molecule has 1 aromatic carbocycles. The van der Waals surface area contributed by atoms with Crippen LogP contribution in [0.1, 0.15) is 24.8 Å². The Labute approximate surface area is 118 Å². The first kappa shape index (κ1) is 14.2. The molecular formula is C15H20N2OS. The first-order valence-electron chi connectivity index (χ1n) is 6.64. The molecule has 19 heavy (non-hydrogen) atoms. The fourth-order valence-corrected chi connectivity index (χ4v) is 2.62. The molecule has 1 unspecified atom stereocenters. The monoisotopic (exact) mass is 276 g/mol. The maximum Gasteiger partial charge on any atom is 0.107 e. The summed E-state index contributed by atoms with van der Waals surface area (Å²) in [6, 6.07) is 10.2. The summed E-state index contributed by atoms with van der Waals surface area (Å²) in [4.78, 5) is 4.62. The highest BCUT2D eigenvalue weighted by molar-refractivity contribution is 7.09. The van der Waals surface area contributed by atoms with Crippen molar-refractivity contribution in [1.29, 1.82) is 0 Å². The zero-order valence-electron chi connectivity index (χ0n) is 11.2. The van der Waals surface area contributed by atoms with E-state index in [1.54, 1.807) is 11.3 Å². The lowest BCUT2D eigenvalue weighted by molar-refractivity contribution is 0.181. The van der Waals surface area contributed by atoms with Gasteiger partial charge in [-0.25, -0.2) is 4.98 Å². The number of aliphatic hydroxyl groups excluding tert-OH is 1. The van der Waals surface area contributed by atoms with Crippen molar-refractivity contribution in [3.8, 4) is 11.3 Å². The largest absolute Gasteiger partial charge is 0.393 e. The van der Waals surface area contributed by atoms with Crippen LogP contribution >= 0.6 is 11.3 Å². The minimum absolute atomic E-state index is 0.202. The first-order chi connectivity index (χ1) is 9.25. The van der Waals surface area contributed by atoms with Crippen molar-refractivity contribution in [1.82, 2.24) is 10.3 Å². The second-order valence-corrected chi connectivity index (χ2v) is 5.60. The molecule has 0 aliphatic rings. The molecule has 4 heteroatoms. The van der Waals surface area contributed by atoms with Crippen LogP contribution in [0.25, 0.3) is 11.3 Å². The van der Waals surface area contributed by atoms with Crippen LogP contribution in [0.3, 0.4) is 0 Å². The Morgan fingerprint density at radius 3 is 2.84 bits per heavy atom. The van der Waals surface area contributed by atoms with E-state index >= 15 is 0 Å².